The fourth-order valence-corrected chi connectivity index (χ4v) is 6.66. The van der Waals surface area contributed by atoms with E-state index in [1.165, 1.54) is 38.5 Å². The predicted molar refractivity (Wildman–Crippen MR) is 96.9 cm³/mol. The Hall–Kier alpha value is -1.10. The molecular weight excluding hydrogens is 314 g/mol. The van der Waals surface area contributed by atoms with Crippen molar-refractivity contribution in [3.8, 4) is 0 Å². The lowest BCUT2D eigenvalue weighted by atomic mass is 9.45. The quantitative estimate of drug-likeness (QED) is 0.817. The number of likely N-dealkylation sites (N-methyl/N-ethyl adjacent to an activating group) is 1. The van der Waals surface area contributed by atoms with Crippen LogP contribution < -0.4 is 10.6 Å². The first-order valence-electron chi connectivity index (χ1n) is 10.1. The molecule has 1 unspecified atom stereocenters. The van der Waals surface area contributed by atoms with Gasteiger partial charge < -0.3 is 10.6 Å². The molecule has 4 aliphatic carbocycles. The number of nitrogens with zero attached hydrogens (tertiary/aromatic N) is 1. The van der Waals surface area contributed by atoms with Crippen LogP contribution in [-0.2, 0) is 9.59 Å². The van der Waals surface area contributed by atoms with Gasteiger partial charge in [-0.15, -0.1) is 0 Å². The summed E-state index contributed by atoms with van der Waals surface area (Å²) >= 11 is 0. The maximum absolute atomic E-state index is 12.8. The first-order chi connectivity index (χ1) is 11.8. The molecule has 0 aromatic carbocycles. The van der Waals surface area contributed by atoms with Gasteiger partial charge >= 0.3 is 0 Å². The molecule has 1 aliphatic heterocycles. The molecule has 5 nitrogen and oxygen atoms in total. The molecule has 2 N–H and O–H groups in total. The summed E-state index contributed by atoms with van der Waals surface area (Å²) in [6, 6.07) is -0.332. The second-order valence-electron chi connectivity index (χ2n) is 9.86. The average Bonchev–Trinajstić information content (AvgIpc) is 2.49. The third-order valence-corrected chi connectivity index (χ3v) is 7.79. The van der Waals surface area contributed by atoms with Gasteiger partial charge in [-0.3, -0.25) is 14.5 Å². The average molecular weight is 348 g/mol. The smallest absolute Gasteiger partial charge is 0.237 e. The van der Waals surface area contributed by atoms with E-state index in [1.54, 1.807) is 0 Å². The van der Waals surface area contributed by atoms with Gasteiger partial charge in [0.2, 0.25) is 11.8 Å². The van der Waals surface area contributed by atoms with Gasteiger partial charge in [0.1, 0.15) is 0 Å². The molecule has 4 saturated carbocycles. The summed E-state index contributed by atoms with van der Waals surface area (Å²) in [5.41, 5.74) is 0.0714. The fourth-order valence-electron chi connectivity index (χ4n) is 6.66. The molecule has 1 saturated heterocycles. The SMILES string of the molecule is CN1CCNC(=O)C1CC(=O)NC(C)(C)C12CC3CC(CC(C3)C1)C2. The molecule has 0 spiro atoms. The largest absolute Gasteiger partial charge is 0.353 e. The summed E-state index contributed by atoms with van der Waals surface area (Å²) in [6.07, 6.45) is 8.32. The first-order valence-corrected chi connectivity index (χ1v) is 10.1. The van der Waals surface area contributed by atoms with Gasteiger partial charge in [0.05, 0.1) is 12.5 Å². The standard InChI is InChI=1S/C20H33N3O2/c1-19(2,20-10-13-6-14(11-20)8-15(7-13)12-20)22-17(24)9-16-18(25)21-4-5-23(16)3/h13-16H,4-12H2,1-3H3,(H,21,25)(H,22,24). The zero-order chi connectivity index (χ0) is 17.8. The molecule has 1 heterocycles. The van der Waals surface area contributed by atoms with Gasteiger partial charge in [0, 0.05) is 18.6 Å². The van der Waals surface area contributed by atoms with Crippen LogP contribution in [-0.4, -0.2) is 48.4 Å². The van der Waals surface area contributed by atoms with E-state index in [1.807, 2.05) is 11.9 Å². The lowest BCUT2D eigenvalue weighted by molar-refractivity contribution is -0.138. The molecule has 5 aliphatic rings. The Bertz CT molecular complexity index is 536. The van der Waals surface area contributed by atoms with Crippen LogP contribution in [0.1, 0.15) is 58.8 Å². The van der Waals surface area contributed by atoms with Crippen LogP contribution >= 0.6 is 0 Å². The molecular formula is C20H33N3O2. The van der Waals surface area contributed by atoms with Gasteiger partial charge in [0.15, 0.2) is 0 Å². The minimum atomic E-state index is -0.332. The van der Waals surface area contributed by atoms with Gasteiger partial charge in [-0.05, 0) is 82.6 Å². The first kappa shape index (κ1) is 17.3. The number of rotatable bonds is 4. The number of piperazine rings is 1. The van der Waals surface area contributed by atoms with Crippen molar-refractivity contribution >= 4 is 11.8 Å². The van der Waals surface area contributed by atoms with Crippen molar-refractivity contribution in [3.05, 3.63) is 0 Å². The Labute approximate surface area is 151 Å². The highest BCUT2D eigenvalue weighted by Crippen LogP contribution is 2.63. The van der Waals surface area contributed by atoms with Crippen molar-refractivity contribution in [1.29, 1.82) is 0 Å². The van der Waals surface area contributed by atoms with Crippen molar-refractivity contribution < 1.29 is 9.59 Å². The molecule has 2 amide bonds. The zero-order valence-electron chi connectivity index (χ0n) is 15.9. The Kier molecular flexibility index (Phi) is 4.13. The second kappa shape index (κ2) is 5.97. The summed E-state index contributed by atoms with van der Waals surface area (Å²) in [7, 11) is 1.93. The molecule has 1 atom stereocenters. The highest BCUT2D eigenvalue weighted by Gasteiger charge is 2.57. The summed E-state index contributed by atoms with van der Waals surface area (Å²) in [5.74, 6) is 2.62. The van der Waals surface area contributed by atoms with Crippen molar-refractivity contribution in [2.45, 2.75) is 70.4 Å². The maximum Gasteiger partial charge on any atom is 0.237 e. The van der Waals surface area contributed by atoms with Crippen LogP contribution in [0.25, 0.3) is 0 Å². The van der Waals surface area contributed by atoms with Gasteiger partial charge in [-0.2, -0.15) is 0 Å². The van der Waals surface area contributed by atoms with E-state index < -0.39 is 0 Å². The number of nitrogens with one attached hydrogen (secondary N) is 2. The Morgan fingerprint density at radius 3 is 2.28 bits per heavy atom. The summed E-state index contributed by atoms with van der Waals surface area (Å²) in [5, 5.41) is 6.23. The van der Waals surface area contributed by atoms with Crippen molar-refractivity contribution in [1.82, 2.24) is 15.5 Å². The monoisotopic (exact) mass is 347 g/mol. The number of hydrogen-bond donors (Lipinski definition) is 2. The molecule has 25 heavy (non-hydrogen) atoms. The van der Waals surface area contributed by atoms with Crippen molar-refractivity contribution in [2.24, 2.45) is 23.2 Å². The molecule has 140 valence electrons. The highest BCUT2D eigenvalue weighted by molar-refractivity contribution is 5.89. The number of hydrogen-bond acceptors (Lipinski definition) is 3. The number of carbonyl (C=O) groups excluding carboxylic acids is 2. The van der Waals surface area contributed by atoms with Crippen LogP contribution in [0.15, 0.2) is 0 Å². The Morgan fingerprint density at radius 1 is 1.20 bits per heavy atom. The predicted octanol–water partition coefficient (Wildman–Crippen LogP) is 1.92. The van der Waals surface area contributed by atoms with E-state index in [9.17, 15) is 9.59 Å². The summed E-state index contributed by atoms with van der Waals surface area (Å²) < 4.78 is 0. The molecule has 0 aromatic heterocycles. The second-order valence-corrected chi connectivity index (χ2v) is 9.86. The van der Waals surface area contributed by atoms with Crippen LogP contribution in [0.5, 0.6) is 0 Å². The molecule has 0 aromatic rings. The maximum atomic E-state index is 12.8. The van der Waals surface area contributed by atoms with Crippen molar-refractivity contribution in [2.75, 3.05) is 20.1 Å². The molecule has 4 bridgehead atoms. The fraction of sp³-hybridized carbons (Fsp3) is 0.900. The summed E-state index contributed by atoms with van der Waals surface area (Å²) in [4.78, 5) is 26.9. The topological polar surface area (TPSA) is 61.4 Å². The minimum absolute atomic E-state index is 0.0171. The van der Waals surface area contributed by atoms with E-state index in [2.05, 4.69) is 24.5 Å². The Balaban J connectivity index is 1.44. The van der Waals surface area contributed by atoms with Crippen molar-refractivity contribution in [3.63, 3.8) is 0 Å². The van der Waals surface area contributed by atoms with E-state index in [0.29, 0.717) is 6.54 Å². The van der Waals surface area contributed by atoms with E-state index in [-0.39, 0.29) is 35.2 Å². The van der Waals surface area contributed by atoms with Crippen LogP contribution in [0.4, 0.5) is 0 Å². The lowest BCUT2D eigenvalue weighted by Gasteiger charge is -2.62. The van der Waals surface area contributed by atoms with E-state index in [0.717, 1.165) is 24.3 Å². The molecule has 0 radical (unpaired) electrons. The van der Waals surface area contributed by atoms with Crippen LogP contribution in [0.3, 0.4) is 0 Å². The third kappa shape index (κ3) is 2.98. The highest BCUT2D eigenvalue weighted by atomic mass is 16.2. The van der Waals surface area contributed by atoms with Crippen LogP contribution in [0, 0.1) is 23.2 Å². The molecule has 5 heteroatoms. The van der Waals surface area contributed by atoms with Gasteiger partial charge in [0.25, 0.3) is 0 Å². The Morgan fingerprint density at radius 2 is 1.76 bits per heavy atom. The number of amides is 2. The lowest BCUT2D eigenvalue weighted by Crippen LogP contribution is -2.63. The van der Waals surface area contributed by atoms with E-state index in [4.69, 9.17) is 0 Å². The van der Waals surface area contributed by atoms with Gasteiger partial charge in [-0.1, -0.05) is 0 Å². The normalized spacial score (nSPS) is 40.8. The summed E-state index contributed by atoms with van der Waals surface area (Å²) in [6.45, 7) is 5.93. The minimum Gasteiger partial charge on any atom is -0.353 e. The zero-order valence-corrected chi connectivity index (χ0v) is 15.9. The third-order valence-electron chi connectivity index (χ3n) is 7.79. The molecule has 5 rings (SSSR count). The van der Waals surface area contributed by atoms with Crippen LogP contribution in [0.2, 0.25) is 0 Å². The molecule has 5 fully saturated rings. The number of carbonyl (C=O) groups is 2. The van der Waals surface area contributed by atoms with Gasteiger partial charge in [-0.25, -0.2) is 0 Å². The van der Waals surface area contributed by atoms with E-state index >= 15 is 0 Å².